The summed E-state index contributed by atoms with van der Waals surface area (Å²) in [6.07, 6.45) is 5.45. The fourth-order valence-electron chi connectivity index (χ4n) is 6.32. The van der Waals surface area contributed by atoms with Crippen LogP contribution in [0.2, 0.25) is 0 Å². The van der Waals surface area contributed by atoms with Gasteiger partial charge in [0.1, 0.15) is 11.6 Å². The summed E-state index contributed by atoms with van der Waals surface area (Å²) in [6, 6.07) is 28.9. The molecule has 1 unspecified atom stereocenters. The number of hydrogen-bond donors (Lipinski definition) is 0. The van der Waals surface area contributed by atoms with Gasteiger partial charge in [-0.15, -0.1) is 0 Å². The number of nitriles is 1. The SMILES string of the molecule is Cc1cc(CN(Cc2ccccn2)Cc2ncc(C(C)(C)C)o2)ccc1Cc1noc(CC(Cc2ccc(C#N)cc2)N(C)Cc2ccc(F)cc2)n1. The zero-order valence-corrected chi connectivity index (χ0v) is 31.1. The van der Waals surface area contributed by atoms with Gasteiger partial charge in [-0.1, -0.05) is 74.5 Å². The molecule has 6 aromatic rings. The van der Waals surface area contributed by atoms with E-state index in [4.69, 9.17) is 13.9 Å². The van der Waals surface area contributed by atoms with Crippen molar-refractivity contribution in [1.82, 2.24) is 29.9 Å². The third kappa shape index (κ3) is 10.5. The lowest BCUT2D eigenvalue weighted by Gasteiger charge is -2.27. The standard InChI is InChI=1S/C43H46FN7O2/c1-30-20-34(27-51(28-37-8-6-7-19-46-37)29-42-47-25-39(52-42)43(2,3)4)13-16-35(30)22-40-48-41(53-49-40)23-38(21-31-9-11-32(24-45)12-10-31)50(5)26-33-14-17-36(44)18-15-33/h6-20,25,38H,21-23,26-29H2,1-5H3. The number of oxazole rings is 1. The third-order valence-corrected chi connectivity index (χ3v) is 9.37. The van der Waals surface area contributed by atoms with E-state index >= 15 is 0 Å². The Kier molecular flexibility index (Phi) is 11.9. The van der Waals surface area contributed by atoms with Crippen LogP contribution >= 0.6 is 0 Å². The zero-order chi connectivity index (χ0) is 37.4. The van der Waals surface area contributed by atoms with Crippen molar-refractivity contribution in [3.05, 3.63) is 166 Å². The molecule has 0 bridgehead atoms. The van der Waals surface area contributed by atoms with Crippen molar-refractivity contribution in [3.63, 3.8) is 0 Å². The molecule has 0 fully saturated rings. The largest absolute Gasteiger partial charge is 0.444 e. The first-order chi connectivity index (χ1) is 25.5. The van der Waals surface area contributed by atoms with Gasteiger partial charge in [0, 0.05) is 50.1 Å². The Morgan fingerprint density at radius 2 is 1.58 bits per heavy atom. The second-order valence-corrected chi connectivity index (χ2v) is 14.8. The van der Waals surface area contributed by atoms with Crippen LogP contribution in [0.25, 0.3) is 0 Å². The minimum Gasteiger partial charge on any atom is -0.444 e. The summed E-state index contributed by atoms with van der Waals surface area (Å²) in [5.41, 5.74) is 7.06. The van der Waals surface area contributed by atoms with Crippen LogP contribution in [0.1, 0.15) is 83.2 Å². The maximum Gasteiger partial charge on any atom is 0.228 e. The minimum absolute atomic E-state index is 0.0211. The normalized spacial score (nSPS) is 12.4. The number of halogens is 1. The predicted octanol–water partition coefficient (Wildman–Crippen LogP) is 8.15. The van der Waals surface area contributed by atoms with Crippen LogP contribution in [-0.2, 0) is 50.9 Å². The number of likely N-dealkylation sites (N-methyl/N-ethyl adjacent to an activating group) is 1. The summed E-state index contributed by atoms with van der Waals surface area (Å²) in [6.45, 7) is 11.0. The highest BCUT2D eigenvalue weighted by Crippen LogP contribution is 2.25. The van der Waals surface area contributed by atoms with Crippen molar-refractivity contribution in [2.24, 2.45) is 0 Å². The van der Waals surface area contributed by atoms with Gasteiger partial charge in [0.2, 0.25) is 11.8 Å². The number of hydrogen-bond acceptors (Lipinski definition) is 9. The number of nitrogens with zero attached hydrogens (tertiary/aromatic N) is 7. The van der Waals surface area contributed by atoms with E-state index in [9.17, 15) is 9.65 Å². The Balaban J connectivity index is 1.13. The van der Waals surface area contributed by atoms with Crippen LogP contribution in [0.4, 0.5) is 4.39 Å². The van der Waals surface area contributed by atoms with Crippen molar-refractivity contribution in [1.29, 1.82) is 5.26 Å². The van der Waals surface area contributed by atoms with Crippen LogP contribution in [0, 0.1) is 24.1 Å². The second-order valence-electron chi connectivity index (χ2n) is 14.8. The number of aromatic nitrogens is 4. The van der Waals surface area contributed by atoms with Gasteiger partial charge in [-0.05, 0) is 84.6 Å². The van der Waals surface area contributed by atoms with Crippen LogP contribution in [0.5, 0.6) is 0 Å². The molecule has 0 aliphatic carbocycles. The molecule has 9 nitrogen and oxygen atoms in total. The fourth-order valence-corrected chi connectivity index (χ4v) is 6.32. The molecule has 0 aliphatic rings. The molecule has 6 rings (SSSR count). The average molecular weight is 712 g/mol. The molecule has 3 heterocycles. The highest BCUT2D eigenvalue weighted by atomic mass is 19.1. The monoisotopic (exact) mass is 711 g/mol. The van der Waals surface area contributed by atoms with Gasteiger partial charge in [0.25, 0.3) is 0 Å². The minimum atomic E-state index is -0.256. The Hall–Kier alpha value is -5.50. The molecule has 1 atom stereocenters. The van der Waals surface area contributed by atoms with E-state index in [2.05, 4.69) is 76.9 Å². The Labute approximate surface area is 311 Å². The van der Waals surface area contributed by atoms with Gasteiger partial charge in [0.15, 0.2) is 5.82 Å². The molecule has 3 aromatic heterocycles. The van der Waals surface area contributed by atoms with Gasteiger partial charge >= 0.3 is 0 Å². The lowest BCUT2D eigenvalue weighted by atomic mass is 9.94. The molecule has 0 N–H and O–H groups in total. The molecule has 0 spiro atoms. The maximum absolute atomic E-state index is 13.6. The Morgan fingerprint density at radius 1 is 0.830 bits per heavy atom. The smallest absolute Gasteiger partial charge is 0.228 e. The van der Waals surface area contributed by atoms with Gasteiger partial charge < -0.3 is 8.94 Å². The molecule has 0 radical (unpaired) electrons. The van der Waals surface area contributed by atoms with E-state index in [1.54, 1.807) is 12.1 Å². The summed E-state index contributed by atoms with van der Waals surface area (Å²) in [7, 11) is 2.05. The van der Waals surface area contributed by atoms with Gasteiger partial charge in [0.05, 0.1) is 30.1 Å². The second kappa shape index (κ2) is 16.9. The predicted molar refractivity (Wildman–Crippen MR) is 201 cm³/mol. The van der Waals surface area contributed by atoms with Gasteiger partial charge in [-0.3, -0.25) is 14.8 Å². The summed E-state index contributed by atoms with van der Waals surface area (Å²) in [4.78, 5) is 18.5. The quantitative estimate of drug-likeness (QED) is 0.104. The van der Waals surface area contributed by atoms with Gasteiger partial charge in [-0.2, -0.15) is 10.2 Å². The number of pyridine rings is 1. The highest BCUT2D eigenvalue weighted by molar-refractivity contribution is 5.34. The molecule has 0 amide bonds. The fraction of sp³-hybridized carbons (Fsp3) is 0.326. The van der Waals surface area contributed by atoms with E-state index in [1.165, 1.54) is 17.7 Å². The molecule has 0 aliphatic heterocycles. The van der Waals surface area contributed by atoms with Crippen LogP contribution in [-0.4, -0.2) is 43.0 Å². The number of rotatable bonds is 15. The first-order valence-electron chi connectivity index (χ1n) is 17.9. The molecule has 53 heavy (non-hydrogen) atoms. The van der Waals surface area contributed by atoms with Crippen molar-refractivity contribution in [2.45, 2.75) is 84.6 Å². The summed E-state index contributed by atoms with van der Waals surface area (Å²) < 4.78 is 25.5. The lowest BCUT2D eigenvalue weighted by molar-refractivity contribution is 0.214. The molecule has 10 heteroatoms. The topological polar surface area (TPSA) is 108 Å². The van der Waals surface area contributed by atoms with Crippen molar-refractivity contribution in [3.8, 4) is 6.07 Å². The molecular weight excluding hydrogens is 666 g/mol. The summed E-state index contributed by atoms with van der Waals surface area (Å²) in [5.74, 6) is 2.49. The third-order valence-electron chi connectivity index (χ3n) is 9.37. The van der Waals surface area contributed by atoms with E-state index in [0.717, 1.165) is 33.7 Å². The maximum atomic E-state index is 13.6. The lowest BCUT2D eigenvalue weighted by Crippen LogP contribution is -2.35. The van der Waals surface area contributed by atoms with E-state index in [1.807, 2.05) is 61.9 Å². The number of aryl methyl sites for hydroxylation is 1. The van der Waals surface area contributed by atoms with Crippen LogP contribution in [0.15, 0.2) is 106 Å². The summed E-state index contributed by atoms with van der Waals surface area (Å²) in [5, 5.41) is 13.6. The zero-order valence-electron chi connectivity index (χ0n) is 31.1. The van der Waals surface area contributed by atoms with E-state index < -0.39 is 0 Å². The van der Waals surface area contributed by atoms with Crippen LogP contribution < -0.4 is 0 Å². The molecule has 272 valence electrons. The Bertz CT molecular complexity index is 2110. The summed E-state index contributed by atoms with van der Waals surface area (Å²) >= 11 is 0. The molecule has 0 saturated heterocycles. The molecular formula is C43H46FN7O2. The van der Waals surface area contributed by atoms with E-state index in [-0.39, 0.29) is 17.3 Å². The number of benzene rings is 3. The van der Waals surface area contributed by atoms with Crippen molar-refractivity contribution < 1.29 is 13.3 Å². The van der Waals surface area contributed by atoms with Crippen LogP contribution in [0.3, 0.4) is 0 Å². The van der Waals surface area contributed by atoms with Crippen molar-refractivity contribution in [2.75, 3.05) is 7.05 Å². The first-order valence-corrected chi connectivity index (χ1v) is 17.9. The Morgan fingerprint density at radius 3 is 2.26 bits per heavy atom. The first kappa shape index (κ1) is 37.3. The molecule has 0 saturated carbocycles. The average Bonchev–Trinajstić information content (AvgIpc) is 3.80. The molecule has 3 aromatic carbocycles. The highest BCUT2D eigenvalue weighted by Gasteiger charge is 2.22. The van der Waals surface area contributed by atoms with Gasteiger partial charge in [-0.25, -0.2) is 9.37 Å². The van der Waals surface area contributed by atoms with Crippen molar-refractivity contribution >= 4 is 0 Å². The van der Waals surface area contributed by atoms with E-state index in [0.29, 0.717) is 68.6 Å².